The minimum atomic E-state index is -2.64. The smallest absolute Gasteiger partial charge is 0.410 e. The number of imidazole rings is 1. The Morgan fingerprint density at radius 3 is 2.70 bits per heavy atom. The molecular formula is C22H32F2N4O2. The summed E-state index contributed by atoms with van der Waals surface area (Å²) in [5.41, 5.74) is 0.498. The summed E-state index contributed by atoms with van der Waals surface area (Å²) in [6, 6.07) is 6.75. The van der Waals surface area contributed by atoms with E-state index >= 15 is 0 Å². The van der Waals surface area contributed by atoms with Crippen LogP contribution in [-0.4, -0.2) is 57.7 Å². The maximum Gasteiger partial charge on any atom is 0.410 e. The minimum Gasteiger partial charge on any atom is -0.444 e. The second kappa shape index (κ2) is 8.88. The number of alkyl halides is 2. The predicted molar refractivity (Wildman–Crippen MR) is 113 cm³/mol. The molecule has 6 nitrogen and oxygen atoms in total. The number of benzene rings is 1. The van der Waals surface area contributed by atoms with Crippen LogP contribution in [0.3, 0.4) is 0 Å². The van der Waals surface area contributed by atoms with Crippen LogP contribution in [0.1, 0.15) is 59.0 Å². The third-order valence-electron chi connectivity index (χ3n) is 5.53. The summed E-state index contributed by atoms with van der Waals surface area (Å²) >= 11 is 0. The van der Waals surface area contributed by atoms with Gasteiger partial charge >= 0.3 is 12.6 Å². The summed E-state index contributed by atoms with van der Waals surface area (Å²) in [6.07, 6.45) is 1.60. The summed E-state index contributed by atoms with van der Waals surface area (Å²) < 4.78 is 34.2. The van der Waals surface area contributed by atoms with Crippen LogP contribution in [0.2, 0.25) is 0 Å². The standard InChI is InChI=1S/C22H32F2N4O2/c1-15(19-25-17-10-6-7-11-18(17)28(19)20(23)24)27-12-8-9-16(14-27)13-26(5)21(29)30-22(2,3)4/h6-7,10-11,15-16,20H,8-9,12-14H2,1-5H3. The second-order valence-corrected chi connectivity index (χ2v) is 9.15. The first-order chi connectivity index (χ1) is 14.1. The van der Waals surface area contributed by atoms with Crippen molar-refractivity contribution < 1.29 is 18.3 Å². The summed E-state index contributed by atoms with van der Waals surface area (Å²) in [5.74, 6) is 0.635. The number of halogens is 2. The van der Waals surface area contributed by atoms with Gasteiger partial charge in [0.2, 0.25) is 0 Å². The molecule has 166 valence electrons. The number of carbonyl (C=O) groups is 1. The molecule has 0 bridgehead atoms. The van der Waals surface area contributed by atoms with Crippen molar-refractivity contribution in [2.45, 2.75) is 58.7 Å². The van der Waals surface area contributed by atoms with E-state index < -0.39 is 12.2 Å². The van der Waals surface area contributed by atoms with Gasteiger partial charge in [0.05, 0.1) is 17.1 Å². The number of hydrogen-bond acceptors (Lipinski definition) is 4. The highest BCUT2D eigenvalue weighted by Crippen LogP contribution is 2.32. The Kier molecular flexibility index (Phi) is 6.65. The molecule has 8 heteroatoms. The van der Waals surface area contributed by atoms with Gasteiger partial charge in [0.15, 0.2) is 0 Å². The van der Waals surface area contributed by atoms with E-state index in [2.05, 4.69) is 9.88 Å². The van der Waals surface area contributed by atoms with Crippen LogP contribution >= 0.6 is 0 Å². The van der Waals surface area contributed by atoms with E-state index in [0.717, 1.165) is 30.5 Å². The van der Waals surface area contributed by atoms with E-state index in [0.29, 0.717) is 23.4 Å². The summed E-state index contributed by atoms with van der Waals surface area (Å²) in [7, 11) is 1.74. The molecule has 1 aromatic heterocycles. The third kappa shape index (κ3) is 5.09. The Hall–Kier alpha value is -2.22. The van der Waals surface area contributed by atoms with Crippen molar-refractivity contribution in [3.05, 3.63) is 30.1 Å². The molecule has 2 atom stereocenters. The summed E-state index contributed by atoms with van der Waals surface area (Å²) in [5, 5.41) is 0. The van der Waals surface area contributed by atoms with Crippen LogP contribution in [0.5, 0.6) is 0 Å². The summed E-state index contributed by atoms with van der Waals surface area (Å²) in [4.78, 5) is 20.6. The molecule has 2 aromatic rings. The number of fused-ring (bicyclic) bond motifs is 1. The third-order valence-corrected chi connectivity index (χ3v) is 5.53. The van der Waals surface area contributed by atoms with Crippen LogP contribution in [-0.2, 0) is 4.74 Å². The number of amides is 1. The van der Waals surface area contributed by atoms with Gasteiger partial charge in [0, 0.05) is 20.1 Å². The topological polar surface area (TPSA) is 50.6 Å². The molecule has 30 heavy (non-hydrogen) atoms. The van der Waals surface area contributed by atoms with Crippen molar-refractivity contribution >= 4 is 17.1 Å². The van der Waals surface area contributed by atoms with Crippen molar-refractivity contribution in [2.75, 3.05) is 26.7 Å². The molecule has 0 radical (unpaired) electrons. The van der Waals surface area contributed by atoms with E-state index in [1.807, 2.05) is 33.8 Å². The van der Waals surface area contributed by atoms with E-state index in [1.165, 1.54) is 0 Å². The molecule has 0 N–H and O–H groups in total. The lowest BCUT2D eigenvalue weighted by Gasteiger charge is -2.38. The number of hydrogen-bond donors (Lipinski definition) is 0. The number of aromatic nitrogens is 2. The van der Waals surface area contributed by atoms with Crippen LogP contribution in [0.25, 0.3) is 11.0 Å². The van der Waals surface area contributed by atoms with Gasteiger partial charge in [-0.25, -0.2) is 9.78 Å². The average molecular weight is 423 g/mol. The van der Waals surface area contributed by atoms with Crippen molar-refractivity contribution in [2.24, 2.45) is 5.92 Å². The second-order valence-electron chi connectivity index (χ2n) is 9.15. The van der Waals surface area contributed by atoms with E-state index in [4.69, 9.17) is 4.74 Å². The molecule has 2 unspecified atom stereocenters. The van der Waals surface area contributed by atoms with Crippen molar-refractivity contribution in [3.63, 3.8) is 0 Å². The average Bonchev–Trinajstić information content (AvgIpc) is 3.06. The number of para-hydroxylation sites is 2. The Balaban J connectivity index is 1.72. The van der Waals surface area contributed by atoms with Crippen LogP contribution in [0, 0.1) is 5.92 Å². The highest BCUT2D eigenvalue weighted by molar-refractivity contribution is 5.76. The number of rotatable bonds is 5. The summed E-state index contributed by atoms with van der Waals surface area (Å²) in [6.45, 7) is 6.94. The molecule has 0 saturated carbocycles. The van der Waals surface area contributed by atoms with Gasteiger partial charge in [0.25, 0.3) is 0 Å². The number of piperidine rings is 1. The molecular weight excluding hydrogens is 390 g/mol. The zero-order valence-electron chi connectivity index (χ0n) is 18.4. The Morgan fingerprint density at radius 2 is 2.03 bits per heavy atom. The number of likely N-dealkylation sites (tertiary alicyclic amines) is 1. The van der Waals surface area contributed by atoms with Crippen molar-refractivity contribution in [1.82, 2.24) is 19.4 Å². The highest BCUT2D eigenvalue weighted by Gasteiger charge is 2.31. The van der Waals surface area contributed by atoms with Crippen LogP contribution in [0.4, 0.5) is 13.6 Å². The van der Waals surface area contributed by atoms with Gasteiger partial charge in [-0.15, -0.1) is 0 Å². The van der Waals surface area contributed by atoms with Gasteiger partial charge in [-0.05, 0) is 65.1 Å². The maximum absolute atomic E-state index is 13.8. The largest absolute Gasteiger partial charge is 0.444 e. The minimum absolute atomic E-state index is 0.249. The zero-order chi connectivity index (χ0) is 22.1. The lowest BCUT2D eigenvalue weighted by atomic mass is 9.96. The van der Waals surface area contributed by atoms with E-state index in [1.54, 1.807) is 30.1 Å². The fourth-order valence-corrected chi connectivity index (χ4v) is 4.13. The van der Waals surface area contributed by atoms with Crippen LogP contribution < -0.4 is 0 Å². The van der Waals surface area contributed by atoms with Crippen molar-refractivity contribution in [1.29, 1.82) is 0 Å². The van der Waals surface area contributed by atoms with Gasteiger partial charge in [0.1, 0.15) is 11.4 Å². The van der Waals surface area contributed by atoms with Crippen LogP contribution in [0.15, 0.2) is 24.3 Å². The number of carbonyl (C=O) groups excluding carboxylic acids is 1. The molecule has 3 rings (SSSR count). The lowest BCUT2D eigenvalue weighted by Crippen LogP contribution is -2.44. The SMILES string of the molecule is CC(c1nc2ccccc2n1C(F)F)N1CCCC(CN(C)C(=O)OC(C)(C)C)C1. The van der Waals surface area contributed by atoms with Gasteiger partial charge in [-0.1, -0.05) is 12.1 Å². The first kappa shape index (κ1) is 22.5. The molecule has 1 aliphatic heterocycles. The van der Waals surface area contributed by atoms with Gasteiger partial charge in [-0.3, -0.25) is 9.47 Å². The van der Waals surface area contributed by atoms with Gasteiger partial charge < -0.3 is 9.64 Å². The Bertz CT molecular complexity index is 878. The zero-order valence-corrected chi connectivity index (χ0v) is 18.4. The quantitative estimate of drug-likeness (QED) is 0.675. The molecule has 0 aliphatic carbocycles. The van der Waals surface area contributed by atoms with Crippen molar-refractivity contribution in [3.8, 4) is 0 Å². The fraction of sp³-hybridized carbons (Fsp3) is 0.636. The normalized spacial score (nSPS) is 19.3. The molecule has 0 spiro atoms. The first-order valence-electron chi connectivity index (χ1n) is 10.5. The van der Waals surface area contributed by atoms with E-state index in [-0.39, 0.29) is 18.1 Å². The molecule has 1 aromatic carbocycles. The molecule has 1 aliphatic rings. The number of ether oxygens (including phenoxy) is 1. The highest BCUT2D eigenvalue weighted by atomic mass is 19.3. The monoisotopic (exact) mass is 422 g/mol. The Morgan fingerprint density at radius 1 is 1.33 bits per heavy atom. The molecule has 1 amide bonds. The first-order valence-corrected chi connectivity index (χ1v) is 10.5. The molecule has 1 fully saturated rings. The van der Waals surface area contributed by atoms with Gasteiger partial charge in [-0.2, -0.15) is 8.78 Å². The predicted octanol–water partition coefficient (Wildman–Crippen LogP) is 5.07. The molecule has 1 saturated heterocycles. The lowest BCUT2D eigenvalue weighted by molar-refractivity contribution is 0.0221. The number of nitrogens with zero attached hydrogens (tertiary/aromatic N) is 4. The van der Waals surface area contributed by atoms with E-state index in [9.17, 15) is 13.6 Å². The maximum atomic E-state index is 13.8. The molecule has 2 heterocycles. The Labute approximate surface area is 176 Å². The fourth-order valence-electron chi connectivity index (χ4n) is 4.13.